The first-order valence-corrected chi connectivity index (χ1v) is 28.9. The molecule has 15 N–H and O–H groups in total. The second kappa shape index (κ2) is 26.9. The van der Waals surface area contributed by atoms with Gasteiger partial charge in [0.05, 0.1) is 18.2 Å². The number of phosphoric ester groups is 1. The van der Waals surface area contributed by atoms with E-state index in [2.05, 4.69) is 36.4 Å². The van der Waals surface area contributed by atoms with Crippen molar-refractivity contribution >= 4 is 67.0 Å². The fourth-order valence-corrected chi connectivity index (χ4v) is 10.8. The average Bonchev–Trinajstić information content (AvgIpc) is 1.45. The van der Waals surface area contributed by atoms with Crippen molar-refractivity contribution < 1.29 is 91.6 Å². The number of ether oxygens (including phenoxy) is 2. The van der Waals surface area contributed by atoms with Crippen LogP contribution in [0.3, 0.4) is 0 Å². The molecule has 0 radical (unpaired) electrons. The van der Waals surface area contributed by atoms with E-state index in [1.807, 2.05) is 0 Å². The third-order valence-corrected chi connectivity index (χ3v) is 14.9. The molecular weight excluding hydrogens is 1150 g/mol. The summed E-state index contributed by atoms with van der Waals surface area (Å²) < 4.78 is 28.3. The molecule has 0 aliphatic carbocycles. The van der Waals surface area contributed by atoms with E-state index in [-0.39, 0.29) is 84.4 Å². The predicted octanol–water partition coefficient (Wildman–Crippen LogP) is 0.359. The summed E-state index contributed by atoms with van der Waals surface area (Å²) in [5.74, 6) is -9.82. The number of hydrogen-bond acceptors (Lipinski definition) is 17. The molecule has 3 aliphatic rings. The molecule has 9 amide bonds. The number of aliphatic hydroxyl groups excluding tert-OH is 1. The second-order valence-corrected chi connectivity index (χ2v) is 23.0. The molecule has 1 spiro atoms. The molecule has 4 aromatic rings. The van der Waals surface area contributed by atoms with Crippen LogP contribution < -0.4 is 52.6 Å². The first-order valence-electron chi connectivity index (χ1n) is 27.4. The Morgan fingerprint density at radius 1 is 0.744 bits per heavy atom. The molecule has 7 atom stereocenters. The number of aliphatic hydroxyl groups is 1. The number of nitrogens with zero attached hydrogens (tertiary/aromatic N) is 1. The van der Waals surface area contributed by atoms with E-state index in [0.29, 0.717) is 22.3 Å². The number of primary amides is 2. The number of phosphoric acid groups is 1. The summed E-state index contributed by atoms with van der Waals surface area (Å²) >= 11 is 0. The van der Waals surface area contributed by atoms with Crippen LogP contribution in [0.25, 0.3) is 0 Å². The highest BCUT2D eigenvalue weighted by molar-refractivity contribution is 7.46. The number of hydrogen-bond donors (Lipinski definition) is 13. The van der Waals surface area contributed by atoms with Gasteiger partial charge in [-0.3, -0.25) is 52.9 Å². The van der Waals surface area contributed by atoms with E-state index in [1.165, 1.54) is 90.7 Å². The van der Waals surface area contributed by atoms with Crippen molar-refractivity contribution in [3.05, 3.63) is 112 Å². The van der Waals surface area contributed by atoms with Gasteiger partial charge in [-0.2, -0.15) is 0 Å². The molecule has 3 aliphatic heterocycles. The largest absolute Gasteiger partial charge is 0.524 e. The number of carbonyl (C=O) groups excluding carboxylic acids is 10. The molecule has 7 rings (SSSR count). The molecular formula is C57H68N9O19P. The average molecular weight is 1210 g/mol. The summed E-state index contributed by atoms with van der Waals surface area (Å²) in [6, 6.07) is 9.17. The van der Waals surface area contributed by atoms with E-state index in [0.717, 1.165) is 0 Å². The van der Waals surface area contributed by atoms with Gasteiger partial charge >= 0.3 is 13.8 Å². The highest BCUT2D eigenvalue weighted by Gasteiger charge is 2.54. The summed E-state index contributed by atoms with van der Waals surface area (Å²) in [6.45, 7) is 7.18. The highest BCUT2D eigenvalue weighted by atomic mass is 31.2. The van der Waals surface area contributed by atoms with Gasteiger partial charge in [0.1, 0.15) is 65.0 Å². The summed E-state index contributed by atoms with van der Waals surface area (Å²) in [4.78, 5) is 156. The van der Waals surface area contributed by atoms with Crippen molar-refractivity contribution in [2.24, 2.45) is 23.3 Å². The maximum atomic E-state index is 14.6. The fourth-order valence-electron chi connectivity index (χ4n) is 10.4. The van der Waals surface area contributed by atoms with Crippen molar-refractivity contribution in [1.29, 1.82) is 0 Å². The lowest BCUT2D eigenvalue weighted by molar-refractivity contribution is -0.143. The van der Waals surface area contributed by atoms with Crippen molar-refractivity contribution in [1.82, 2.24) is 36.8 Å². The van der Waals surface area contributed by atoms with Crippen LogP contribution in [0.5, 0.6) is 28.7 Å². The number of fused-ring (bicyclic) bond motifs is 6. The summed E-state index contributed by atoms with van der Waals surface area (Å²) in [5, 5.41) is 46.1. The van der Waals surface area contributed by atoms with Gasteiger partial charge in [0.25, 0.3) is 5.91 Å². The monoisotopic (exact) mass is 1210 g/mol. The first-order chi connectivity index (χ1) is 40.5. The number of amides is 9. The quantitative estimate of drug-likeness (QED) is 0.0315. The lowest BCUT2D eigenvalue weighted by Crippen LogP contribution is -2.61. The second-order valence-electron chi connectivity index (χ2n) is 21.8. The van der Waals surface area contributed by atoms with E-state index in [1.54, 1.807) is 27.7 Å². The molecule has 29 heteroatoms. The standard InChI is InChI=1S/C57H68N9O19P/c1-27(2)21-41(55(78)66-20-6-7-42(66)53(76)62-39(18-19-45(58)70)51(74)65-48(29(5)67)54(77)64-47(28(3)4)49(59)72)63-52(75)40(22-30-8-13-34(14-9-30)85-86(80,81)82)61-46(71)26-60-50(73)31-10-15-36-35(23-31)56(79)84-57(36)37-16-11-32(68)24-43(37)83-44-25-33(69)12-17-38(44)57/h8-17,23-25,27-29,39-42,47-48,67-69H,6-7,18-22,26H2,1-5H3,(H2,58,70)(H2,59,72)(H,60,73)(H,61,71)(H,62,76)(H,63,75)(H,64,77)(H,65,74)(H2,80,81,82). The molecule has 28 nitrogen and oxygen atoms in total. The number of nitrogens with two attached hydrogens (primary N) is 2. The normalized spacial score (nSPS) is 16.7. The van der Waals surface area contributed by atoms with Crippen molar-refractivity contribution in [2.75, 3.05) is 13.1 Å². The SMILES string of the molecule is CC(C)CC(NC(=O)C(Cc1ccc(OP(=O)(O)O)cc1)NC(=O)CNC(=O)c1ccc2c(c1)C(=O)OC21c2ccc(O)cc2Oc2cc(O)ccc21)C(=O)N1CCCC1C(=O)NC(CCC(N)=O)C(=O)NC(C(=O)NC(C(N)=O)C(C)C)C(C)O. The molecule has 0 aromatic heterocycles. The molecule has 1 saturated heterocycles. The van der Waals surface area contributed by atoms with E-state index >= 15 is 0 Å². The van der Waals surface area contributed by atoms with Gasteiger partial charge in [-0.05, 0) is 98.5 Å². The first kappa shape index (κ1) is 64.5. The summed E-state index contributed by atoms with van der Waals surface area (Å²) in [6.07, 6.45) is -2.30. The number of likely N-dealkylation sites (tertiary alicyclic amines) is 1. The van der Waals surface area contributed by atoms with Crippen molar-refractivity contribution in [3.8, 4) is 28.7 Å². The van der Waals surface area contributed by atoms with Crippen LogP contribution in [0, 0.1) is 11.8 Å². The zero-order chi connectivity index (χ0) is 63.1. The van der Waals surface area contributed by atoms with E-state index < -0.39 is 134 Å². The van der Waals surface area contributed by atoms with E-state index in [9.17, 15) is 77.6 Å². The van der Waals surface area contributed by atoms with Gasteiger partial charge in [0.2, 0.25) is 47.3 Å². The van der Waals surface area contributed by atoms with Crippen LogP contribution >= 0.6 is 7.82 Å². The molecule has 86 heavy (non-hydrogen) atoms. The Morgan fingerprint density at radius 3 is 1.92 bits per heavy atom. The number of carbonyl (C=O) groups is 10. The zero-order valence-electron chi connectivity index (χ0n) is 47.4. The Bertz CT molecular complexity index is 3320. The fraction of sp³-hybridized carbons (Fsp3) is 0.404. The number of esters is 1. The van der Waals surface area contributed by atoms with Gasteiger partial charge in [0.15, 0.2) is 5.60 Å². The minimum atomic E-state index is -4.97. The topological polar surface area (TPSA) is 444 Å². The highest BCUT2D eigenvalue weighted by Crippen LogP contribution is 2.57. The van der Waals surface area contributed by atoms with Gasteiger partial charge in [-0.25, -0.2) is 9.36 Å². The summed E-state index contributed by atoms with van der Waals surface area (Å²) in [5.41, 5.74) is 10.4. The Balaban J connectivity index is 1.08. The number of nitrogens with one attached hydrogen (secondary N) is 6. The Labute approximate surface area is 492 Å². The minimum Gasteiger partial charge on any atom is -0.508 e. The van der Waals surface area contributed by atoms with Gasteiger partial charge in [-0.15, -0.1) is 0 Å². The molecule has 0 saturated carbocycles. The molecule has 3 heterocycles. The number of benzene rings is 4. The number of aromatic hydroxyl groups is 2. The van der Waals surface area contributed by atoms with Crippen LogP contribution in [-0.2, 0) is 59.7 Å². The van der Waals surface area contributed by atoms with Crippen LogP contribution in [0.4, 0.5) is 0 Å². The zero-order valence-corrected chi connectivity index (χ0v) is 48.3. The third-order valence-electron chi connectivity index (χ3n) is 14.5. The Morgan fingerprint density at radius 2 is 1.35 bits per heavy atom. The Kier molecular flexibility index (Phi) is 20.1. The van der Waals surface area contributed by atoms with Crippen LogP contribution in [0.1, 0.15) is 110 Å². The number of rotatable bonds is 25. The predicted molar refractivity (Wildman–Crippen MR) is 301 cm³/mol. The van der Waals surface area contributed by atoms with Crippen LogP contribution in [0.2, 0.25) is 0 Å². The maximum Gasteiger partial charge on any atom is 0.524 e. The molecule has 4 aromatic carbocycles. The number of phenolic OH excluding ortho intramolecular Hbond substituents is 2. The van der Waals surface area contributed by atoms with Gasteiger partial charge in [-0.1, -0.05) is 45.9 Å². The molecule has 0 bridgehead atoms. The van der Waals surface area contributed by atoms with Crippen LogP contribution in [0.15, 0.2) is 78.9 Å². The maximum absolute atomic E-state index is 14.6. The van der Waals surface area contributed by atoms with Crippen molar-refractivity contribution in [2.45, 2.75) is 121 Å². The Hall–Kier alpha value is -9.11. The smallest absolute Gasteiger partial charge is 0.508 e. The van der Waals surface area contributed by atoms with Gasteiger partial charge in [0, 0.05) is 53.8 Å². The molecule has 7 unspecified atom stereocenters. The molecule has 1 fully saturated rings. The summed E-state index contributed by atoms with van der Waals surface area (Å²) in [7, 11) is -4.97. The minimum absolute atomic E-state index is 0.00348. The lowest BCUT2D eigenvalue weighted by atomic mass is 9.77. The van der Waals surface area contributed by atoms with Crippen molar-refractivity contribution in [3.63, 3.8) is 0 Å². The van der Waals surface area contributed by atoms with E-state index in [4.69, 9.17) is 20.9 Å². The number of phenols is 2. The lowest BCUT2D eigenvalue weighted by Gasteiger charge is -2.36. The third kappa shape index (κ3) is 15.2. The van der Waals surface area contributed by atoms with Crippen LogP contribution in [-0.4, -0.2) is 145 Å². The molecule has 460 valence electrons. The van der Waals surface area contributed by atoms with Gasteiger partial charge < -0.3 is 77.6 Å².